The van der Waals surface area contributed by atoms with E-state index in [0.29, 0.717) is 12.1 Å². The molecule has 2 atom stereocenters. The van der Waals surface area contributed by atoms with Crippen LogP contribution in [-0.2, 0) is 11.8 Å². The average molecular weight is 368 g/mol. The van der Waals surface area contributed by atoms with Crippen molar-refractivity contribution in [2.75, 3.05) is 5.32 Å². The van der Waals surface area contributed by atoms with Gasteiger partial charge in [-0.1, -0.05) is 37.3 Å². The Bertz CT molecular complexity index is 857. The summed E-state index contributed by atoms with van der Waals surface area (Å²) < 4.78 is 1.67. The van der Waals surface area contributed by atoms with Crippen LogP contribution in [0.1, 0.15) is 24.9 Å². The van der Waals surface area contributed by atoms with E-state index in [0.717, 1.165) is 16.8 Å². The fourth-order valence-electron chi connectivity index (χ4n) is 2.72. The molecular formula is C20H24N4O3. The third-order valence-corrected chi connectivity index (χ3v) is 4.23. The third kappa shape index (κ3) is 4.84. The number of hydrogen-bond acceptors (Lipinski definition) is 3. The van der Waals surface area contributed by atoms with Gasteiger partial charge in [0.2, 0.25) is 5.91 Å². The van der Waals surface area contributed by atoms with Gasteiger partial charge in [-0.05, 0) is 18.1 Å². The number of anilines is 1. The van der Waals surface area contributed by atoms with Crippen molar-refractivity contribution in [3.63, 3.8) is 0 Å². The monoisotopic (exact) mass is 368 g/mol. The molecule has 0 spiro atoms. The van der Waals surface area contributed by atoms with Crippen molar-refractivity contribution < 1.29 is 14.7 Å². The van der Waals surface area contributed by atoms with Crippen molar-refractivity contribution in [2.24, 2.45) is 13.0 Å². The Morgan fingerprint density at radius 1 is 1.37 bits per heavy atom. The molecule has 7 heteroatoms. The highest BCUT2D eigenvalue weighted by molar-refractivity contribution is 5.96. The van der Waals surface area contributed by atoms with Gasteiger partial charge >= 0.3 is 6.09 Å². The van der Waals surface area contributed by atoms with Crippen LogP contribution in [0.5, 0.6) is 0 Å². The fraction of sp³-hybridized carbons (Fsp3) is 0.250. The van der Waals surface area contributed by atoms with E-state index in [4.69, 9.17) is 5.11 Å². The van der Waals surface area contributed by atoms with E-state index >= 15 is 0 Å². The molecule has 3 N–H and O–H groups in total. The average Bonchev–Trinajstić information content (AvgIpc) is 3.00. The zero-order valence-electron chi connectivity index (χ0n) is 15.5. The van der Waals surface area contributed by atoms with Crippen LogP contribution in [0.4, 0.5) is 10.5 Å². The maximum absolute atomic E-state index is 12.2. The van der Waals surface area contributed by atoms with Gasteiger partial charge in [0.05, 0.1) is 29.5 Å². The van der Waals surface area contributed by atoms with Crippen molar-refractivity contribution >= 4 is 17.7 Å². The Morgan fingerprint density at radius 2 is 2.11 bits per heavy atom. The minimum atomic E-state index is -1.10. The zero-order chi connectivity index (χ0) is 20.0. The summed E-state index contributed by atoms with van der Waals surface area (Å²) in [4.78, 5) is 23.3. The molecule has 7 nitrogen and oxygen atoms in total. The first-order valence-corrected chi connectivity index (χ1v) is 8.53. The van der Waals surface area contributed by atoms with Crippen LogP contribution in [0, 0.1) is 5.92 Å². The van der Waals surface area contributed by atoms with Gasteiger partial charge in [-0.25, -0.2) is 4.79 Å². The molecule has 2 aromatic rings. The summed E-state index contributed by atoms with van der Waals surface area (Å²) in [5.41, 5.74) is 2.93. The van der Waals surface area contributed by atoms with E-state index in [1.807, 2.05) is 24.3 Å². The van der Waals surface area contributed by atoms with Gasteiger partial charge in [-0.2, -0.15) is 5.10 Å². The molecule has 27 heavy (non-hydrogen) atoms. The Labute approximate surface area is 158 Å². The smallest absolute Gasteiger partial charge is 0.405 e. The quantitative estimate of drug-likeness (QED) is 0.619. The molecule has 0 saturated carbocycles. The maximum atomic E-state index is 12.2. The predicted octanol–water partition coefficient (Wildman–Crippen LogP) is 3.73. The lowest BCUT2D eigenvalue weighted by molar-refractivity contribution is -0.118. The molecule has 0 aliphatic carbocycles. The second-order valence-electron chi connectivity index (χ2n) is 6.20. The summed E-state index contributed by atoms with van der Waals surface area (Å²) in [5.74, 6) is -0.506. The van der Waals surface area contributed by atoms with Gasteiger partial charge in [0, 0.05) is 12.6 Å². The second-order valence-corrected chi connectivity index (χ2v) is 6.20. The van der Waals surface area contributed by atoms with Crippen molar-refractivity contribution in [2.45, 2.75) is 19.4 Å². The molecule has 0 saturated heterocycles. The SMILES string of the molecule is C=CC[C@H](NC(=O)O)c1cccc(-c2c(NC(=O)[C@H](C)C=C)cnn2C)c1. The summed E-state index contributed by atoms with van der Waals surface area (Å²) >= 11 is 0. The largest absolute Gasteiger partial charge is 0.465 e. The van der Waals surface area contributed by atoms with Gasteiger partial charge in [-0.3, -0.25) is 9.48 Å². The molecule has 0 bridgehead atoms. The highest BCUT2D eigenvalue weighted by Gasteiger charge is 2.18. The third-order valence-electron chi connectivity index (χ3n) is 4.23. The standard InChI is InChI=1S/C20H24N4O3/c1-5-8-16(23-20(26)27)14-9-7-10-15(11-14)18-17(12-21-24(18)4)22-19(25)13(3)6-2/h5-7,9-13,16,23H,1-2,8H2,3-4H3,(H,22,25)(H,26,27)/t13-,16+/m1/s1. The van der Waals surface area contributed by atoms with Crippen LogP contribution in [-0.4, -0.2) is 26.9 Å². The van der Waals surface area contributed by atoms with Crippen LogP contribution in [0.3, 0.4) is 0 Å². The number of aryl methyl sites for hydroxylation is 1. The predicted molar refractivity (Wildman–Crippen MR) is 105 cm³/mol. The number of amides is 2. The van der Waals surface area contributed by atoms with E-state index in [2.05, 4.69) is 28.9 Å². The van der Waals surface area contributed by atoms with Crippen molar-refractivity contribution in [3.05, 3.63) is 61.3 Å². The first kappa shape index (κ1) is 20.0. The molecule has 2 rings (SSSR count). The summed E-state index contributed by atoms with van der Waals surface area (Å²) in [6.45, 7) is 9.09. The zero-order valence-corrected chi connectivity index (χ0v) is 15.5. The molecule has 1 heterocycles. The van der Waals surface area contributed by atoms with Gasteiger partial charge in [0.25, 0.3) is 0 Å². The highest BCUT2D eigenvalue weighted by Crippen LogP contribution is 2.30. The number of rotatable bonds is 8. The molecule has 0 aliphatic heterocycles. The lowest BCUT2D eigenvalue weighted by atomic mass is 9.99. The Kier molecular flexibility index (Phi) is 6.54. The molecule has 0 unspecified atom stereocenters. The molecule has 0 aliphatic rings. The molecule has 0 fully saturated rings. The summed E-state index contributed by atoms with van der Waals surface area (Å²) in [6.07, 6.45) is 4.19. The van der Waals surface area contributed by atoms with Crippen molar-refractivity contribution in [1.29, 1.82) is 0 Å². The molecule has 142 valence electrons. The summed E-state index contributed by atoms with van der Waals surface area (Å²) in [5, 5.41) is 18.7. The number of hydrogen-bond donors (Lipinski definition) is 3. The van der Waals surface area contributed by atoms with E-state index < -0.39 is 12.1 Å². The molecule has 2 amide bonds. The van der Waals surface area contributed by atoms with E-state index in [1.54, 1.807) is 37.0 Å². The number of aromatic nitrogens is 2. The van der Waals surface area contributed by atoms with Crippen LogP contribution in [0.2, 0.25) is 0 Å². The number of nitrogens with one attached hydrogen (secondary N) is 2. The molecular weight excluding hydrogens is 344 g/mol. The first-order valence-electron chi connectivity index (χ1n) is 8.53. The lowest BCUT2D eigenvalue weighted by Gasteiger charge is -2.17. The minimum absolute atomic E-state index is 0.174. The van der Waals surface area contributed by atoms with E-state index in [9.17, 15) is 9.59 Å². The molecule has 0 radical (unpaired) electrons. The van der Waals surface area contributed by atoms with Crippen LogP contribution in [0.25, 0.3) is 11.3 Å². The number of benzene rings is 1. The number of carboxylic acid groups (broad SMARTS) is 1. The molecule has 1 aromatic carbocycles. The van der Waals surface area contributed by atoms with Crippen LogP contribution >= 0.6 is 0 Å². The number of nitrogens with zero attached hydrogens (tertiary/aromatic N) is 2. The van der Waals surface area contributed by atoms with Gasteiger partial charge in [0.15, 0.2) is 0 Å². The van der Waals surface area contributed by atoms with Crippen molar-refractivity contribution in [1.82, 2.24) is 15.1 Å². The van der Waals surface area contributed by atoms with Crippen LogP contribution in [0.15, 0.2) is 55.8 Å². The highest BCUT2D eigenvalue weighted by atomic mass is 16.4. The van der Waals surface area contributed by atoms with Gasteiger partial charge in [0.1, 0.15) is 0 Å². The Hall–Kier alpha value is -3.35. The Morgan fingerprint density at radius 3 is 2.74 bits per heavy atom. The molecule has 1 aromatic heterocycles. The minimum Gasteiger partial charge on any atom is -0.465 e. The lowest BCUT2D eigenvalue weighted by Crippen LogP contribution is -2.26. The first-order chi connectivity index (χ1) is 12.9. The summed E-state index contributed by atoms with van der Waals surface area (Å²) in [6, 6.07) is 7.05. The van der Waals surface area contributed by atoms with Gasteiger partial charge in [-0.15, -0.1) is 13.2 Å². The maximum Gasteiger partial charge on any atom is 0.405 e. The second kappa shape index (κ2) is 8.84. The normalized spacial score (nSPS) is 12.7. The number of carbonyl (C=O) groups excluding carboxylic acids is 1. The van der Waals surface area contributed by atoms with Gasteiger partial charge < -0.3 is 15.7 Å². The van der Waals surface area contributed by atoms with E-state index in [1.165, 1.54) is 0 Å². The Balaban J connectivity index is 2.40. The topological polar surface area (TPSA) is 96.2 Å². The van der Waals surface area contributed by atoms with E-state index in [-0.39, 0.29) is 11.8 Å². The fourth-order valence-corrected chi connectivity index (χ4v) is 2.72. The van der Waals surface area contributed by atoms with Crippen LogP contribution < -0.4 is 10.6 Å². The number of carbonyl (C=O) groups is 2. The van der Waals surface area contributed by atoms with Crippen molar-refractivity contribution in [3.8, 4) is 11.3 Å². The summed E-state index contributed by atoms with van der Waals surface area (Å²) in [7, 11) is 1.78.